The Morgan fingerprint density at radius 1 is 1.80 bits per heavy atom. The quantitative estimate of drug-likeness (QED) is 0.452. The molecule has 0 bridgehead atoms. The van der Waals surface area contributed by atoms with Crippen molar-refractivity contribution in [2.75, 3.05) is 0 Å². The largest absolute Gasteiger partial charge is 0.356 e. The molecule has 2 nitrogen and oxygen atoms in total. The van der Waals surface area contributed by atoms with Crippen molar-refractivity contribution in [1.82, 2.24) is 5.32 Å². The third-order valence-electron chi connectivity index (χ3n) is 1.88. The summed E-state index contributed by atoms with van der Waals surface area (Å²) in [6.07, 6.45) is 6.26. The number of carbonyl (C=O) groups is 1. The molecule has 2 heteroatoms. The van der Waals surface area contributed by atoms with Crippen LogP contribution in [0.15, 0.2) is 11.6 Å². The van der Waals surface area contributed by atoms with E-state index in [0.29, 0.717) is 6.04 Å². The Kier molecular flexibility index (Phi) is 2.49. The average molecular weight is 139 g/mol. The van der Waals surface area contributed by atoms with E-state index in [1.54, 1.807) is 0 Å². The van der Waals surface area contributed by atoms with Crippen molar-refractivity contribution in [1.29, 1.82) is 0 Å². The van der Waals surface area contributed by atoms with E-state index in [4.69, 9.17) is 0 Å². The van der Waals surface area contributed by atoms with E-state index in [1.807, 2.05) is 0 Å². The van der Waals surface area contributed by atoms with Gasteiger partial charge in [-0.3, -0.25) is 4.79 Å². The molecule has 1 unspecified atom stereocenters. The molecule has 1 rings (SSSR count). The molecule has 56 valence electrons. The number of allylic oxidation sites excluding steroid dienone is 1. The zero-order valence-corrected chi connectivity index (χ0v) is 6.26. The predicted octanol–water partition coefficient (Wildman–Crippen LogP) is 1.23. The van der Waals surface area contributed by atoms with Crippen LogP contribution in [0.25, 0.3) is 0 Å². The number of carbonyl (C=O) groups excluding carboxylic acids is 1. The summed E-state index contributed by atoms with van der Waals surface area (Å²) in [5.41, 5.74) is 1.39. The summed E-state index contributed by atoms with van der Waals surface area (Å²) in [6, 6.07) is 0.391. The van der Waals surface area contributed by atoms with Crippen molar-refractivity contribution in [2.24, 2.45) is 0 Å². The second-order valence-electron chi connectivity index (χ2n) is 2.81. The van der Waals surface area contributed by atoms with Gasteiger partial charge in [0.25, 0.3) is 0 Å². The summed E-state index contributed by atoms with van der Waals surface area (Å²) < 4.78 is 0. The average Bonchev–Trinajstić information content (AvgIpc) is 1.88. The molecule has 10 heavy (non-hydrogen) atoms. The molecule has 0 fully saturated rings. The van der Waals surface area contributed by atoms with Crippen molar-refractivity contribution in [3.8, 4) is 0 Å². The van der Waals surface area contributed by atoms with Crippen LogP contribution in [0.1, 0.15) is 26.2 Å². The highest BCUT2D eigenvalue weighted by Crippen LogP contribution is 2.16. The van der Waals surface area contributed by atoms with E-state index in [9.17, 15) is 4.79 Å². The van der Waals surface area contributed by atoms with Gasteiger partial charge in [-0.05, 0) is 26.2 Å². The first-order chi connectivity index (χ1) is 4.83. The molecule has 1 aliphatic rings. The second kappa shape index (κ2) is 3.40. The van der Waals surface area contributed by atoms with E-state index in [0.717, 1.165) is 25.7 Å². The topological polar surface area (TPSA) is 29.1 Å². The maximum atomic E-state index is 10.0. The molecular formula is C8H13NO. The Morgan fingerprint density at radius 2 is 2.60 bits per heavy atom. The normalized spacial score (nSPS) is 25.3. The first-order valence-corrected chi connectivity index (χ1v) is 3.68. The summed E-state index contributed by atoms with van der Waals surface area (Å²) in [5, 5.41) is 2.79. The van der Waals surface area contributed by atoms with Crippen LogP contribution < -0.4 is 5.32 Å². The molecule has 1 amide bonds. The minimum atomic E-state index is 0.391. The number of rotatable bonds is 2. The number of nitrogens with one attached hydrogen (secondary N) is 1. The molecule has 0 saturated heterocycles. The maximum absolute atomic E-state index is 10.0. The van der Waals surface area contributed by atoms with Gasteiger partial charge in [0.15, 0.2) is 0 Å². The van der Waals surface area contributed by atoms with Crippen LogP contribution in [-0.2, 0) is 4.79 Å². The lowest BCUT2D eigenvalue weighted by Gasteiger charge is -2.19. The molecule has 0 radical (unpaired) electrons. The number of amides is 1. The molecule has 0 heterocycles. The molecule has 1 N–H and O–H groups in total. The fourth-order valence-corrected chi connectivity index (χ4v) is 1.34. The fraction of sp³-hybridized carbons (Fsp3) is 0.625. The first-order valence-electron chi connectivity index (χ1n) is 3.68. The van der Waals surface area contributed by atoms with E-state index >= 15 is 0 Å². The molecule has 0 saturated carbocycles. The predicted molar refractivity (Wildman–Crippen MR) is 40.6 cm³/mol. The van der Waals surface area contributed by atoms with E-state index in [1.165, 1.54) is 5.57 Å². The van der Waals surface area contributed by atoms with Crippen LogP contribution in [0.2, 0.25) is 0 Å². The summed E-state index contributed by atoms with van der Waals surface area (Å²) in [4.78, 5) is 10.0. The third kappa shape index (κ3) is 1.87. The van der Waals surface area contributed by atoms with Crippen molar-refractivity contribution in [3.05, 3.63) is 11.6 Å². The van der Waals surface area contributed by atoms with Gasteiger partial charge in [0.1, 0.15) is 0 Å². The Balaban J connectivity index is 2.37. The highest BCUT2D eigenvalue weighted by atomic mass is 16.1. The monoisotopic (exact) mass is 139 g/mol. The molecule has 0 aromatic carbocycles. The Bertz CT molecular complexity index is 151. The van der Waals surface area contributed by atoms with Crippen molar-refractivity contribution in [3.63, 3.8) is 0 Å². The van der Waals surface area contributed by atoms with Crippen LogP contribution in [0.5, 0.6) is 0 Å². The Labute approximate surface area is 61.3 Å². The zero-order valence-electron chi connectivity index (χ0n) is 6.26. The van der Waals surface area contributed by atoms with Gasteiger partial charge in [-0.1, -0.05) is 11.6 Å². The second-order valence-corrected chi connectivity index (χ2v) is 2.81. The lowest BCUT2D eigenvalue weighted by atomic mass is 9.96. The van der Waals surface area contributed by atoms with Crippen molar-refractivity contribution in [2.45, 2.75) is 32.2 Å². The lowest BCUT2D eigenvalue weighted by Crippen LogP contribution is -2.29. The SMILES string of the molecule is CC1=CCCC(NC=O)C1. The van der Waals surface area contributed by atoms with Crippen molar-refractivity contribution < 1.29 is 4.79 Å². The van der Waals surface area contributed by atoms with Gasteiger partial charge in [0, 0.05) is 6.04 Å². The van der Waals surface area contributed by atoms with E-state index in [2.05, 4.69) is 18.3 Å². The summed E-state index contributed by atoms with van der Waals surface area (Å²) in [7, 11) is 0. The maximum Gasteiger partial charge on any atom is 0.207 e. The molecule has 1 aliphatic carbocycles. The summed E-state index contributed by atoms with van der Waals surface area (Å²) >= 11 is 0. The Morgan fingerprint density at radius 3 is 3.20 bits per heavy atom. The highest BCUT2D eigenvalue weighted by molar-refractivity contribution is 5.46. The van der Waals surface area contributed by atoms with E-state index in [-0.39, 0.29) is 0 Å². The minimum Gasteiger partial charge on any atom is -0.356 e. The van der Waals surface area contributed by atoms with E-state index < -0.39 is 0 Å². The van der Waals surface area contributed by atoms with Crippen LogP contribution in [0.4, 0.5) is 0 Å². The standard InChI is InChI=1S/C8H13NO/c1-7-3-2-4-8(5-7)9-6-10/h3,6,8H,2,4-5H2,1H3,(H,9,10). The summed E-state index contributed by atoms with van der Waals surface area (Å²) in [5.74, 6) is 0. The fourth-order valence-electron chi connectivity index (χ4n) is 1.34. The number of hydrogen-bond donors (Lipinski definition) is 1. The van der Waals surface area contributed by atoms with Crippen LogP contribution in [0.3, 0.4) is 0 Å². The molecular weight excluding hydrogens is 126 g/mol. The number of hydrogen-bond acceptors (Lipinski definition) is 1. The lowest BCUT2D eigenvalue weighted by molar-refractivity contribution is -0.110. The molecule has 0 aromatic rings. The molecule has 0 spiro atoms. The van der Waals surface area contributed by atoms with Gasteiger partial charge in [-0.15, -0.1) is 0 Å². The minimum absolute atomic E-state index is 0.391. The van der Waals surface area contributed by atoms with Crippen LogP contribution in [-0.4, -0.2) is 12.5 Å². The van der Waals surface area contributed by atoms with Crippen molar-refractivity contribution >= 4 is 6.41 Å². The van der Waals surface area contributed by atoms with Crippen LogP contribution >= 0.6 is 0 Å². The molecule has 0 aliphatic heterocycles. The van der Waals surface area contributed by atoms with Gasteiger partial charge < -0.3 is 5.32 Å². The van der Waals surface area contributed by atoms with Gasteiger partial charge in [-0.2, -0.15) is 0 Å². The first kappa shape index (κ1) is 7.32. The third-order valence-corrected chi connectivity index (χ3v) is 1.88. The van der Waals surface area contributed by atoms with Gasteiger partial charge in [0.2, 0.25) is 6.41 Å². The highest BCUT2D eigenvalue weighted by Gasteiger charge is 2.10. The summed E-state index contributed by atoms with van der Waals surface area (Å²) in [6.45, 7) is 2.11. The molecule has 0 aromatic heterocycles. The zero-order chi connectivity index (χ0) is 7.40. The van der Waals surface area contributed by atoms with Crippen LogP contribution in [0, 0.1) is 0 Å². The Hall–Kier alpha value is -0.790. The smallest absolute Gasteiger partial charge is 0.207 e. The van der Waals surface area contributed by atoms with Gasteiger partial charge in [-0.25, -0.2) is 0 Å². The molecule has 1 atom stereocenters. The van der Waals surface area contributed by atoms with Gasteiger partial charge >= 0.3 is 0 Å². The van der Waals surface area contributed by atoms with Gasteiger partial charge in [0.05, 0.1) is 0 Å².